The maximum Gasteiger partial charge on any atom is 0.288 e. The molecular weight excluding hydrogens is 286 g/mol. The molecule has 1 unspecified atom stereocenters. The van der Waals surface area contributed by atoms with Gasteiger partial charge in [-0.2, -0.15) is 5.26 Å². The number of hydrogen-bond donors (Lipinski definition) is 1. The molecule has 1 aliphatic carbocycles. The van der Waals surface area contributed by atoms with Crippen LogP contribution in [-0.2, 0) is 14.5 Å². The maximum absolute atomic E-state index is 12.0. The molecule has 3 aliphatic rings. The number of nitrogens with zero attached hydrogens (tertiary/aromatic N) is 4. The quantitative estimate of drug-likeness (QED) is 0.746. The van der Waals surface area contributed by atoms with E-state index >= 15 is 0 Å². The van der Waals surface area contributed by atoms with Gasteiger partial charge in [0.1, 0.15) is 6.04 Å². The largest absolute Gasteiger partial charge is 0.402 e. The summed E-state index contributed by atoms with van der Waals surface area (Å²) in [6, 6.07) is 1.43. The van der Waals surface area contributed by atoms with Crippen LogP contribution in [0.2, 0.25) is 0 Å². The number of nitrogens with one attached hydrogen (secondary N) is 1. The van der Waals surface area contributed by atoms with Gasteiger partial charge >= 0.3 is 0 Å². The van der Waals surface area contributed by atoms with E-state index in [0.717, 1.165) is 11.3 Å². The average Bonchev–Trinajstić information content (AvgIpc) is 3.13. The third kappa shape index (κ3) is 2.72. The first-order chi connectivity index (χ1) is 10.7. The summed E-state index contributed by atoms with van der Waals surface area (Å²) in [5.41, 5.74) is 4.09. The van der Waals surface area contributed by atoms with Crippen molar-refractivity contribution < 1.29 is 14.5 Å². The van der Waals surface area contributed by atoms with Crippen molar-refractivity contribution in [1.82, 2.24) is 15.5 Å². The van der Waals surface area contributed by atoms with Crippen LogP contribution in [0.3, 0.4) is 0 Å². The number of carbonyl (C=O) groups excluding carboxylic acids is 1. The number of rotatable bonds is 4. The average molecular weight is 301 g/mol. The van der Waals surface area contributed by atoms with Gasteiger partial charge in [-0.25, -0.2) is 5.43 Å². The molecule has 0 aromatic rings. The van der Waals surface area contributed by atoms with Gasteiger partial charge in [0.15, 0.2) is 11.5 Å². The van der Waals surface area contributed by atoms with Crippen molar-refractivity contribution in [3.8, 4) is 6.07 Å². The lowest BCUT2D eigenvalue weighted by molar-refractivity contribution is -0.173. The van der Waals surface area contributed by atoms with Gasteiger partial charge in [0.2, 0.25) is 6.73 Å². The summed E-state index contributed by atoms with van der Waals surface area (Å²) in [5, 5.41) is 15.5. The number of nitriles is 1. The Labute approximate surface area is 127 Å². The Balaban J connectivity index is 1.51. The molecule has 2 heterocycles. The molecule has 0 bridgehead atoms. The Morgan fingerprint density at radius 3 is 3.32 bits per heavy atom. The van der Waals surface area contributed by atoms with E-state index in [1.165, 1.54) is 5.01 Å². The number of amides is 1. The minimum Gasteiger partial charge on any atom is -0.402 e. The molecule has 0 spiro atoms. The van der Waals surface area contributed by atoms with Crippen LogP contribution in [-0.4, -0.2) is 47.6 Å². The summed E-state index contributed by atoms with van der Waals surface area (Å²) < 4.78 is 0. The van der Waals surface area contributed by atoms with Crippen molar-refractivity contribution in [2.24, 2.45) is 5.16 Å². The van der Waals surface area contributed by atoms with Crippen LogP contribution in [0.5, 0.6) is 0 Å². The van der Waals surface area contributed by atoms with E-state index < -0.39 is 6.04 Å². The molecule has 114 valence electrons. The molecule has 8 nitrogen and oxygen atoms in total. The normalized spacial score (nSPS) is 23.7. The molecule has 8 heteroatoms. The third-order valence-electron chi connectivity index (χ3n) is 3.38. The van der Waals surface area contributed by atoms with E-state index in [2.05, 4.69) is 10.6 Å². The lowest BCUT2D eigenvalue weighted by Gasteiger charge is -2.24. The predicted octanol–water partition coefficient (Wildman–Crippen LogP) is 0.203. The second kappa shape index (κ2) is 6.01. The van der Waals surface area contributed by atoms with Crippen molar-refractivity contribution >= 4 is 11.6 Å². The molecule has 1 N–H and O–H groups in total. The van der Waals surface area contributed by atoms with Gasteiger partial charge < -0.3 is 9.68 Å². The minimum absolute atomic E-state index is 0.103. The number of fused-ring (bicyclic) bond motifs is 1. The topological polar surface area (TPSA) is 90.2 Å². The van der Waals surface area contributed by atoms with Gasteiger partial charge in [-0.05, 0) is 13.0 Å². The number of oxime groups is 1. The van der Waals surface area contributed by atoms with Gasteiger partial charge in [0.25, 0.3) is 5.91 Å². The van der Waals surface area contributed by atoms with E-state index in [1.54, 1.807) is 12.0 Å². The summed E-state index contributed by atoms with van der Waals surface area (Å²) in [4.78, 5) is 22.7. The Morgan fingerprint density at radius 1 is 1.64 bits per heavy atom. The molecule has 2 aliphatic heterocycles. The number of carbonyl (C=O) groups is 1. The third-order valence-corrected chi connectivity index (χ3v) is 3.38. The summed E-state index contributed by atoms with van der Waals surface area (Å²) in [5.74, 6) is 0.425. The highest BCUT2D eigenvalue weighted by Gasteiger charge is 2.31. The second-order valence-corrected chi connectivity index (χ2v) is 4.92. The van der Waals surface area contributed by atoms with Crippen LogP contribution >= 0.6 is 0 Å². The van der Waals surface area contributed by atoms with Gasteiger partial charge in [-0.15, -0.1) is 0 Å². The fourth-order valence-corrected chi connectivity index (χ4v) is 2.18. The van der Waals surface area contributed by atoms with Crippen molar-refractivity contribution in [2.75, 3.05) is 19.8 Å². The molecule has 1 saturated heterocycles. The predicted molar refractivity (Wildman–Crippen MR) is 76.4 cm³/mol. The van der Waals surface area contributed by atoms with Crippen LogP contribution in [0, 0.1) is 11.3 Å². The molecule has 0 radical (unpaired) electrons. The van der Waals surface area contributed by atoms with Crippen LogP contribution in [0.1, 0.15) is 6.92 Å². The Morgan fingerprint density at radius 2 is 2.50 bits per heavy atom. The van der Waals surface area contributed by atoms with Crippen molar-refractivity contribution in [2.45, 2.75) is 13.0 Å². The first-order valence-corrected chi connectivity index (χ1v) is 6.86. The lowest BCUT2D eigenvalue weighted by atomic mass is 10.2. The van der Waals surface area contributed by atoms with E-state index in [0.29, 0.717) is 6.54 Å². The van der Waals surface area contributed by atoms with Gasteiger partial charge in [-0.3, -0.25) is 9.80 Å². The molecule has 22 heavy (non-hydrogen) atoms. The van der Waals surface area contributed by atoms with Crippen molar-refractivity contribution in [3.63, 3.8) is 0 Å². The Hall–Kier alpha value is -2.63. The molecule has 0 aromatic heterocycles. The van der Waals surface area contributed by atoms with Crippen LogP contribution in [0.25, 0.3) is 0 Å². The van der Waals surface area contributed by atoms with E-state index in [4.69, 9.17) is 14.9 Å². The number of hydroxylamine groups is 2. The number of hydrazine groups is 1. The van der Waals surface area contributed by atoms with Gasteiger partial charge in [0.05, 0.1) is 19.2 Å². The highest BCUT2D eigenvalue weighted by atomic mass is 16.7. The first-order valence-electron chi connectivity index (χ1n) is 6.86. The number of allylic oxidation sites excluding steroid dienone is 3. The lowest BCUT2D eigenvalue weighted by Crippen LogP contribution is -2.41. The molecular formula is C14H15N5O3. The first kappa shape index (κ1) is 14.3. The molecule has 1 fully saturated rings. The summed E-state index contributed by atoms with van der Waals surface area (Å²) in [6.45, 7) is 2.55. The van der Waals surface area contributed by atoms with Crippen LogP contribution in [0.4, 0.5) is 0 Å². The fourth-order valence-electron chi connectivity index (χ4n) is 2.18. The zero-order valence-corrected chi connectivity index (χ0v) is 12.0. The standard InChI is InChI=1S/C14H15N5O3/c1-10(7-15)19-14(20)12(8-16-19)17-21-9-18-6-5-11-3-2-4-13(11)22-18/h2-5,10,16H,6,8-9H2,1H3. The molecule has 0 aromatic carbocycles. The van der Waals surface area contributed by atoms with Gasteiger partial charge in [0, 0.05) is 5.57 Å². The van der Waals surface area contributed by atoms with Crippen LogP contribution in [0.15, 0.2) is 40.8 Å². The number of hydrogen-bond acceptors (Lipinski definition) is 7. The van der Waals surface area contributed by atoms with E-state index in [1.807, 2.05) is 30.4 Å². The molecule has 0 saturated carbocycles. The molecule has 1 atom stereocenters. The highest BCUT2D eigenvalue weighted by Crippen LogP contribution is 2.24. The zero-order valence-electron chi connectivity index (χ0n) is 12.0. The fraction of sp³-hybridized carbons (Fsp3) is 0.357. The van der Waals surface area contributed by atoms with Crippen LogP contribution < -0.4 is 5.43 Å². The highest BCUT2D eigenvalue weighted by molar-refractivity contribution is 6.41. The molecule has 3 rings (SSSR count). The van der Waals surface area contributed by atoms with Crippen molar-refractivity contribution in [1.29, 1.82) is 5.26 Å². The second-order valence-electron chi connectivity index (χ2n) is 4.92. The monoisotopic (exact) mass is 301 g/mol. The van der Waals surface area contributed by atoms with E-state index in [-0.39, 0.29) is 24.9 Å². The van der Waals surface area contributed by atoms with Gasteiger partial charge in [-0.1, -0.05) is 28.4 Å². The summed E-state index contributed by atoms with van der Waals surface area (Å²) >= 11 is 0. The zero-order chi connectivity index (χ0) is 15.5. The Kier molecular flexibility index (Phi) is 3.91. The SMILES string of the molecule is CC(C#N)N1NCC(=NOCN2CC=C3C=CC=C3O2)C1=O. The smallest absolute Gasteiger partial charge is 0.288 e. The summed E-state index contributed by atoms with van der Waals surface area (Å²) in [7, 11) is 0. The minimum atomic E-state index is -0.559. The molecule has 1 amide bonds. The maximum atomic E-state index is 12.0. The Bertz CT molecular complexity index is 643. The summed E-state index contributed by atoms with van der Waals surface area (Å²) in [6.07, 6.45) is 7.78. The van der Waals surface area contributed by atoms with Crippen molar-refractivity contribution in [3.05, 3.63) is 35.6 Å². The van der Waals surface area contributed by atoms with E-state index in [9.17, 15) is 4.79 Å².